The SMILES string of the molecule is CCOC(=O)[C@H](CNCCNCCCc1ccc2c(n1)NCCC2)c1ccc2c(c1)OCC2. The molecule has 3 heterocycles. The molecule has 1 aromatic heterocycles. The minimum absolute atomic E-state index is 0.192. The number of carbonyl (C=O) groups excluding carboxylic acids is 1. The molecule has 0 spiro atoms. The topological polar surface area (TPSA) is 84.5 Å². The van der Waals surface area contributed by atoms with Gasteiger partial charge in [-0.1, -0.05) is 18.2 Å². The molecule has 7 nitrogen and oxygen atoms in total. The highest BCUT2D eigenvalue weighted by Crippen LogP contribution is 2.29. The van der Waals surface area contributed by atoms with E-state index in [1.165, 1.54) is 17.5 Å². The maximum absolute atomic E-state index is 12.5. The third-order valence-electron chi connectivity index (χ3n) is 6.26. The standard InChI is InChI=1S/C26H36N4O3/c1-2-32-26(31)23(21-8-7-19-11-16-33-24(19)17-21)18-28-15-14-27-12-4-6-22-10-9-20-5-3-13-29-25(20)30-22/h7-10,17,23,27-28H,2-6,11-16,18H2,1H3,(H,29,30)/t23-/m1/s1. The zero-order chi connectivity index (χ0) is 22.9. The first-order valence-electron chi connectivity index (χ1n) is 12.3. The number of ether oxygens (including phenoxy) is 2. The van der Waals surface area contributed by atoms with Gasteiger partial charge in [0, 0.05) is 38.3 Å². The van der Waals surface area contributed by atoms with E-state index in [1.807, 2.05) is 19.1 Å². The van der Waals surface area contributed by atoms with Crippen molar-refractivity contribution in [3.05, 3.63) is 52.7 Å². The number of anilines is 1. The Labute approximate surface area is 196 Å². The highest BCUT2D eigenvalue weighted by Gasteiger charge is 2.24. The van der Waals surface area contributed by atoms with Gasteiger partial charge in [-0.2, -0.15) is 0 Å². The van der Waals surface area contributed by atoms with Crippen LogP contribution in [0.15, 0.2) is 30.3 Å². The first-order chi connectivity index (χ1) is 16.2. The lowest BCUT2D eigenvalue weighted by Crippen LogP contribution is -2.33. The highest BCUT2D eigenvalue weighted by atomic mass is 16.5. The number of nitrogens with one attached hydrogen (secondary N) is 3. The molecular weight excluding hydrogens is 416 g/mol. The van der Waals surface area contributed by atoms with Gasteiger partial charge >= 0.3 is 5.97 Å². The van der Waals surface area contributed by atoms with Crippen LogP contribution in [-0.4, -0.2) is 56.9 Å². The molecule has 0 saturated carbocycles. The first-order valence-corrected chi connectivity index (χ1v) is 12.3. The number of esters is 1. The molecule has 0 bridgehead atoms. The number of aryl methyl sites for hydroxylation is 2. The average molecular weight is 453 g/mol. The fraction of sp³-hybridized carbons (Fsp3) is 0.538. The van der Waals surface area contributed by atoms with Crippen LogP contribution in [0, 0.1) is 0 Å². The van der Waals surface area contributed by atoms with Crippen molar-refractivity contribution >= 4 is 11.8 Å². The van der Waals surface area contributed by atoms with Gasteiger partial charge in [-0.05, 0) is 68.0 Å². The molecular formula is C26H36N4O3. The van der Waals surface area contributed by atoms with Crippen LogP contribution in [-0.2, 0) is 28.8 Å². The zero-order valence-corrected chi connectivity index (χ0v) is 19.6. The Hall–Kier alpha value is -2.64. The number of carbonyl (C=O) groups is 1. The van der Waals surface area contributed by atoms with Gasteiger partial charge in [-0.3, -0.25) is 4.79 Å². The summed E-state index contributed by atoms with van der Waals surface area (Å²) in [5, 5.41) is 10.3. The minimum Gasteiger partial charge on any atom is -0.493 e. The Balaban J connectivity index is 1.16. The number of hydrogen-bond donors (Lipinski definition) is 3. The molecule has 2 aromatic rings. The summed E-state index contributed by atoms with van der Waals surface area (Å²) in [4.78, 5) is 17.3. The second kappa shape index (κ2) is 12.0. The van der Waals surface area contributed by atoms with E-state index in [4.69, 9.17) is 14.5 Å². The summed E-state index contributed by atoms with van der Waals surface area (Å²) in [6.07, 6.45) is 5.27. The van der Waals surface area contributed by atoms with Crippen LogP contribution in [0.3, 0.4) is 0 Å². The fourth-order valence-electron chi connectivity index (χ4n) is 4.43. The van der Waals surface area contributed by atoms with Gasteiger partial charge < -0.3 is 25.4 Å². The van der Waals surface area contributed by atoms with E-state index in [1.54, 1.807) is 0 Å². The van der Waals surface area contributed by atoms with Crippen molar-refractivity contribution in [1.29, 1.82) is 0 Å². The molecule has 7 heteroatoms. The van der Waals surface area contributed by atoms with E-state index >= 15 is 0 Å². The Kier molecular flexibility index (Phi) is 8.55. The van der Waals surface area contributed by atoms with Crippen LogP contribution < -0.4 is 20.7 Å². The summed E-state index contributed by atoms with van der Waals surface area (Å²) >= 11 is 0. The molecule has 4 rings (SSSR count). The largest absolute Gasteiger partial charge is 0.493 e. The molecule has 2 aliphatic heterocycles. The average Bonchev–Trinajstić information content (AvgIpc) is 3.31. The molecule has 0 saturated heterocycles. The summed E-state index contributed by atoms with van der Waals surface area (Å²) in [5.74, 6) is 1.45. The predicted molar refractivity (Wildman–Crippen MR) is 130 cm³/mol. The van der Waals surface area contributed by atoms with Crippen molar-refractivity contribution in [2.24, 2.45) is 0 Å². The summed E-state index contributed by atoms with van der Waals surface area (Å²) < 4.78 is 11.0. The number of benzene rings is 1. The van der Waals surface area contributed by atoms with Crippen molar-refractivity contribution in [3.63, 3.8) is 0 Å². The molecule has 0 aliphatic carbocycles. The molecule has 33 heavy (non-hydrogen) atoms. The van der Waals surface area contributed by atoms with Crippen LogP contribution in [0.4, 0.5) is 5.82 Å². The van der Waals surface area contributed by atoms with Crippen LogP contribution in [0.25, 0.3) is 0 Å². The molecule has 2 aliphatic rings. The lowest BCUT2D eigenvalue weighted by Gasteiger charge is -2.18. The van der Waals surface area contributed by atoms with E-state index in [9.17, 15) is 4.79 Å². The van der Waals surface area contributed by atoms with E-state index in [-0.39, 0.29) is 11.9 Å². The number of aromatic nitrogens is 1. The van der Waals surface area contributed by atoms with Crippen LogP contribution in [0.1, 0.15) is 48.1 Å². The van der Waals surface area contributed by atoms with E-state index in [2.05, 4.69) is 34.1 Å². The van der Waals surface area contributed by atoms with Crippen molar-refractivity contribution in [2.45, 2.75) is 44.9 Å². The van der Waals surface area contributed by atoms with Gasteiger partial charge in [0.25, 0.3) is 0 Å². The monoisotopic (exact) mass is 452 g/mol. The van der Waals surface area contributed by atoms with Gasteiger partial charge in [0.15, 0.2) is 0 Å². The maximum atomic E-state index is 12.5. The molecule has 0 amide bonds. The maximum Gasteiger partial charge on any atom is 0.314 e. The molecule has 1 aromatic carbocycles. The molecule has 0 unspecified atom stereocenters. The summed E-state index contributed by atoms with van der Waals surface area (Å²) in [5.41, 5.74) is 4.64. The first kappa shape index (κ1) is 23.5. The van der Waals surface area contributed by atoms with Crippen LogP contribution in [0.5, 0.6) is 5.75 Å². The van der Waals surface area contributed by atoms with Gasteiger partial charge in [0.1, 0.15) is 11.6 Å². The molecule has 3 N–H and O–H groups in total. The molecule has 178 valence electrons. The third-order valence-corrected chi connectivity index (χ3v) is 6.26. The quantitative estimate of drug-likeness (QED) is 0.337. The Morgan fingerprint density at radius 1 is 1.15 bits per heavy atom. The second-order valence-electron chi connectivity index (χ2n) is 8.67. The number of nitrogens with zero attached hydrogens (tertiary/aromatic N) is 1. The van der Waals surface area contributed by atoms with Crippen molar-refractivity contribution in [3.8, 4) is 5.75 Å². The van der Waals surface area contributed by atoms with Crippen molar-refractivity contribution in [2.75, 3.05) is 51.3 Å². The molecule has 0 radical (unpaired) electrons. The number of pyridine rings is 1. The summed E-state index contributed by atoms with van der Waals surface area (Å²) in [7, 11) is 0. The Morgan fingerprint density at radius 3 is 2.94 bits per heavy atom. The highest BCUT2D eigenvalue weighted by molar-refractivity contribution is 5.78. The van der Waals surface area contributed by atoms with Gasteiger partial charge in [-0.25, -0.2) is 4.98 Å². The van der Waals surface area contributed by atoms with Gasteiger partial charge in [0.2, 0.25) is 0 Å². The van der Waals surface area contributed by atoms with E-state index in [0.717, 1.165) is 74.7 Å². The normalized spacial score (nSPS) is 15.2. The van der Waals surface area contributed by atoms with Gasteiger partial charge in [-0.15, -0.1) is 0 Å². The van der Waals surface area contributed by atoms with Crippen LogP contribution in [0.2, 0.25) is 0 Å². The van der Waals surface area contributed by atoms with Gasteiger partial charge in [0.05, 0.1) is 19.1 Å². The lowest BCUT2D eigenvalue weighted by molar-refractivity contribution is -0.144. The van der Waals surface area contributed by atoms with E-state index in [0.29, 0.717) is 19.8 Å². The predicted octanol–water partition coefficient (Wildman–Crippen LogP) is 2.83. The third kappa shape index (κ3) is 6.45. The van der Waals surface area contributed by atoms with E-state index < -0.39 is 0 Å². The number of hydrogen-bond acceptors (Lipinski definition) is 7. The summed E-state index contributed by atoms with van der Waals surface area (Å²) in [6, 6.07) is 10.5. The zero-order valence-electron chi connectivity index (χ0n) is 19.6. The summed E-state index contributed by atoms with van der Waals surface area (Å²) in [6.45, 7) is 7.09. The van der Waals surface area contributed by atoms with Crippen molar-refractivity contribution in [1.82, 2.24) is 15.6 Å². The molecule has 0 fully saturated rings. The lowest BCUT2D eigenvalue weighted by atomic mass is 9.97. The second-order valence-corrected chi connectivity index (χ2v) is 8.67. The number of rotatable bonds is 12. The Morgan fingerprint density at radius 2 is 2.03 bits per heavy atom. The fourth-order valence-corrected chi connectivity index (χ4v) is 4.43. The smallest absolute Gasteiger partial charge is 0.314 e. The van der Waals surface area contributed by atoms with Crippen LogP contribution >= 0.6 is 0 Å². The minimum atomic E-state index is -0.330. The Bertz CT molecular complexity index is 934. The van der Waals surface area contributed by atoms with Crippen molar-refractivity contribution < 1.29 is 14.3 Å². The number of fused-ring (bicyclic) bond motifs is 2. The molecule has 1 atom stereocenters.